The molecule has 0 unspecified atom stereocenters. The van der Waals surface area contributed by atoms with Crippen molar-refractivity contribution in [1.82, 2.24) is 10.2 Å². The van der Waals surface area contributed by atoms with Gasteiger partial charge in [-0.3, -0.25) is 9.69 Å². The number of methoxy groups -OCH3 is 1. The molecule has 11 nitrogen and oxygen atoms in total. The van der Waals surface area contributed by atoms with Gasteiger partial charge in [0.15, 0.2) is 35.1 Å². The van der Waals surface area contributed by atoms with E-state index in [1.807, 2.05) is 18.2 Å². The summed E-state index contributed by atoms with van der Waals surface area (Å²) >= 11 is 1.35. The summed E-state index contributed by atoms with van der Waals surface area (Å²) in [6.45, 7) is 6.30. The van der Waals surface area contributed by atoms with E-state index in [1.165, 1.54) is 18.9 Å². The van der Waals surface area contributed by atoms with Crippen LogP contribution in [0.25, 0.3) is 6.08 Å². The van der Waals surface area contributed by atoms with E-state index in [2.05, 4.69) is 5.32 Å². The Bertz CT molecular complexity index is 1450. The zero-order valence-corrected chi connectivity index (χ0v) is 24.6. The maximum atomic E-state index is 14.0. The molecule has 1 saturated heterocycles. The number of allylic oxidation sites excluding steroid dienone is 1. The van der Waals surface area contributed by atoms with Gasteiger partial charge in [0.2, 0.25) is 0 Å². The minimum atomic E-state index is -0.783. The predicted molar refractivity (Wildman–Crippen MR) is 154 cm³/mol. The highest BCUT2D eigenvalue weighted by Gasteiger charge is 2.48. The molecule has 1 fully saturated rings. The number of thioether (sulfide) groups is 1. The maximum Gasteiger partial charge on any atom is 0.344 e. The van der Waals surface area contributed by atoms with Crippen molar-refractivity contribution in [3.63, 3.8) is 0 Å². The molecule has 0 bridgehead atoms. The van der Waals surface area contributed by atoms with Crippen molar-refractivity contribution in [1.29, 1.82) is 0 Å². The van der Waals surface area contributed by atoms with Gasteiger partial charge >= 0.3 is 11.9 Å². The summed E-state index contributed by atoms with van der Waals surface area (Å²) in [6.07, 6.45) is 1.80. The molecule has 1 amide bonds. The Hall–Kier alpha value is -4.32. The Labute approximate surface area is 247 Å². The van der Waals surface area contributed by atoms with E-state index in [4.69, 9.17) is 28.4 Å². The first-order chi connectivity index (χ1) is 20.3. The van der Waals surface area contributed by atoms with Gasteiger partial charge in [-0.05, 0) is 62.2 Å². The van der Waals surface area contributed by atoms with E-state index in [0.29, 0.717) is 58.0 Å². The van der Waals surface area contributed by atoms with Crippen molar-refractivity contribution in [2.75, 3.05) is 40.1 Å². The van der Waals surface area contributed by atoms with Crippen molar-refractivity contribution < 1.29 is 42.8 Å². The van der Waals surface area contributed by atoms with E-state index >= 15 is 0 Å². The van der Waals surface area contributed by atoms with Crippen LogP contribution in [0.4, 0.5) is 0 Å². The number of ether oxygens (including phenoxy) is 6. The molecule has 1 N–H and O–H groups in total. The fraction of sp³-hybridized carbons (Fsp3) is 0.367. The van der Waals surface area contributed by atoms with E-state index in [1.54, 1.807) is 49.9 Å². The number of carbonyl (C=O) groups is 3. The molecule has 3 aliphatic heterocycles. The minimum absolute atomic E-state index is 0.174. The molecule has 222 valence electrons. The van der Waals surface area contributed by atoms with E-state index in [-0.39, 0.29) is 25.7 Å². The highest BCUT2D eigenvalue weighted by Crippen LogP contribution is 2.48. The Balaban J connectivity index is 1.50. The maximum absolute atomic E-state index is 14.0. The van der Waals surface area contributed by atoms with Crippen molar-refractivity contribution >= 4 is 35.7 Å². The number of hydrogen-bond acceptors (Lipinski definition) is 11. The predicted octanol–water partition coefficient (Wildman–Crippen LogP) is 3.79. The molecule has 3 heterocycles. The zero-order chi connectivity index (χ0) is 29.8. The molecule has 42 heavy (non-hydrogen) atoms. The highest BCUT2D eigenvalue weighted by molar-refractivity contribution is 8.05. The van der Waals surface area contributed by atoms with Crippen molar-refractivity contribution in [3.05, 3.63) is 63.7 Å². The standard InChI is InChI=1S/C30H32N2O9S/c1-5-37-25(33)16-41-20-10-8-19(15-22(20)36-4)27-26(29(35)38-6-2)17(3)31-30-32(27)28(34)24(42-30)14-18-7-9-21-23(13-18)40-12-11-39-21/h7-10,13-15,27,30-31H,5-6,11-12,16H2,1-4H3/b24-14-/t27-,30-/m0/s1. The molecule has 2 atom stereocenters. The van der Waals surface area contributed by atoms with E-state index < -0.39 is 23.5 Å². The largest absolute Gasteiger partial charge is 0.493 e. The van der Waals surface area contributed by atoms with Crippen LogP contribution in [0.15, 0.2) is 52.6 Å². The molecule has 0 aliphatic carbocycles. The van der Waals surface area contributed by atoms with Crippen molar-refractivity contribution in [2.45, 2.75) is 32.3 Å². The van der Waals surface area contributed by atoms with Crippen LogP contribution in [0.2, 0.25) is 0 Å². The zero-order valence-electron chi connectivity index (χ0n) is 23.8. The fourth-order valence-corrected chi connectivity index (χ4v) is 6.15. The monoisotopic (exact) mass is 596 g/mol. The summed E-state index contributed by atoms with van der Waals surface area (Å²) in [6, 6.07) is 9.82. The molecule has 0 spiro atoms. The number of amides is 1. The number of rotatable bonds is 9. The Morgan fingerprint density at radius 1 is 1.05 bits per heavy atom. The second-order valence-electron chi connectivity index (χ2n) is 9.40. The summed E-state index contributed by atoms with van der Waals surface area (Å²) < 4.78 is 32.8. The van der Waals surface area contributed by atoms with Crippen LogP contribution >= 0.6 is 11.8 Å². The molecular weight excluding hydrogens is 564 g/mol. The normalized spacial score (nSPS) is 20.1. The van der Waals surface area contributed by atoms with Crippen LogP contribution in [-0.2, 0) is 23.9 Å². The van der Waals surface area contributed by atoms with Gasteiger partial charge in [0.05, 0.1) is 36.8 Å². The van der Waals surface area contributed by atoms with Gasteiger partial charge in [0, 0.05) is 5.70 Å². The first-order valence-corrected chi connectivity index (χ1v) is 14.4. The second-order valence-corrected chi connectivity index (χ2v) is 10.5. The van der Waals surface area contributed by atoms with Crippen LogP contribution in [0, 0.1) is 0 Å². The third-order valence-electron chi connectivity index (χ3n) is 6.75. The van der Waals surface area contributed by atoms with Gasteiger partial charge in [0.1, 0.15) is 13.2 Å². The molecule has 12 heteroatoms. The first kappa shape index (κ1) is 29.2. The van der Waals surface area contributed by atoms with Gasteiger partial charge < -0.3 is 33.7 Å². The number of nitrogens with one attached hydrogen (secondary N) is 1. The summed E-state index contributed by atoms with van der Waals surface area (Å²) in [5.74, 6) is 0.640. The van der Waals surface area contributed by atoms with Crippen LogP contribution in [0.3, 0.4) is 0 Å². The van der Waals surface area contributed by atoms with Gasteiger partial charge in [-0.2, -0.15) is 0 Å². The van der Waals surface area contributed by atoms with Gasteiger partial charge in [-0.15, -0.1) is 0 Å². The second kappa shape index (κ2) is 12.7. The third kappa shape index (κ3) is 5.85. The first-order valence-electron chi connectivity index (χ1n) is 13.6. The van der Waals surface area contributed by atoms with Crippen molar-refractivity contribution in [2.24, 2.45) is 0 Å². The van der Waals surface area contributed by atoms with Crippen molar-refractivity contribution in [3.8, 4) is 23.0 Å². The Kier molecular flexibility index (Phi) is 8.81. The molecule has 5 rings (SSSR count). The average Bonchev–Trinajstić information content (AvgIpc) is 3.29. The topological polar surface area (TPSA) is 122 Å². The number of benzene rings is 2. The lowest BCUT2D eigenvalue weighted by Gasteiger charge is -2.39. The van der Waals surface area contributed by atoms with Crippen LogP contribution in [0.1, 0.15) is 37.9 Å². The van der Waals surface area contributed by atoms with Gasteiger partial charge in [0.25, 0.3) is 5.91 Å². The SMILES string of the molecule is CCOC(=O)COc1ccc([C@H]2C(C(=O)OCC)=C(C)N[C@@H]3S/C(=C\c4ccc5c(c4)OCCO5)C(=O)N32)cc1OC. The summed E-state index contributed by atoms with van der Waals surface area (Å²) in [5.41, 5.74) is 1.83. The lowest BCUT2D eigenvalue weighted by molar-refractivity contribution is -0.145. The Morgan fingerprint density at radius 2 is 1.81 bits per heavy atom. The summed E-state index contributed by atoms with van der Waals surface area (Å²) in [5, 5.41) is 3.30. The van der Waals surface area contributed by atoms with Crippen LogP contribution < -0.4 is 24.3 Å². The van der Waals surface area contributed by atoms with E-state index in [0.717, 1.165) is 5.56 Å². The summed E-state index contributed by atoms with van der Waals surface area (Å²) in [4.78, 5) is 41.2. The van der Waals surface area contributed by atoms with E-state index in [9.17, 15) is 14.4 Å². The molecule has 0 aromatic heterocycles. The molecule has 3 aliphatic rings. The quantitative estimate of drug-likeness (QED) is 0.336. The Morgan fingerprint density at radius 3 is 2.55 bits per heavy atom. The molecule has 2 aromatic carbocycles. The third-order valence-corrected chi connectivity index (χ3v) is 7.86. The van der Waals surface area contributed by atoms with Gasteiger partial charge in [-0.25, -0.2) is 9.59 Å². The van der Waals surface area contributed by atoms with Gasteiger partial charge in [-0.1, -0.05) is 23.9 Å². The molecule has 2 aromatic rings. The highest BCUT2D eigenvalue weighted by atomic mass is 32.2. The average molecular weight is 597 g/mol. The number of esters is 2. The summed E-state index contributed by atoms with van der Waals surface area (Å²) in [7, 11) is 1.47. The molecule has 0 radical (unpaired) electrons. The molecule has 0 saturated carbocycles. The lowest BCUT2D eigenvalue weighted by Crippen LogP contribution is -2.50. The lowest BCUT2D eigenvalue weighted by atomic mass is 9.93. The van der Waals surface area contributed by atoms with Crippen LogP contribution in [-0.4, -0.2) is 68.4 Å². The van der Waals surface area contributed by atoms with Crippen LogP contribution in [0.5, 0.6) is 23.0 Å². The fourth-order valence-electron chi connectivity index (χ4n) is 4.93. The number of carbonyl (C=O) groups excluding carboxylic acids is 3. The smallest absolute Gasteiger partial charge is 0.344 e. The number of hydrogen-bond donors (Lipinski definition) is 1. The number of fused-ring (bicyclic) bond motifs is 2. The minimum Gasteiger partial charge on any atom is -0.493 e. The number of nitrogens with zero attached hydrogens (tertiary/aromatic N) is 1. The molecular formula is C30H32N2O9S.